The number of ether oxygens (including phenoxy) is 1. The Morgan fingerprint density at radius 3 is 2.70 bits per heavy atom. The topological polar surface area (TPSA) is 76.9 Å². The number of methoxy groups -OCH3 is 1. The lowest BCUT2D eigenvalue weighted by molar-refractivity contribution is 0.181. The van der Waals surface area contributed by atoms with Crippen LogP contribution in [0.15, 0.2) is 12.1 Å². The van der Waals surface area contributed by atoms with E-state index in [1.807, 2.05) is 26.0 Å². The van der Waals surface area contributed by atoms with Crippen LogP contribution in [-0.4, -0.2) is 46.0 Å². The van der Waals surface area contributed by atoms with E-state index in [9.17, 15) is 0 Å². The van der Waals surface area contributed by atoms with E-state index in [0.29, 0.717) is 18.6 Å². The molecule has 23 heavy (non-hydrogen) atoms. The second kappa shape index (κ2) is 7.06. The number of anilines is 1. The van der Waals surface area contributed by atoms with Crippen molar-refractivity contribution < 1.29 is 4.74 Å². The first-order valence-corrected chi connectivity index (χ1v) is 8.03. The number of nitrogens with zero attached hydrogens (tertiary/aromatic N) is 4. The van der Waals surface area contributed by atoms with Crippen LogP contribution >= 0.6 is 0 Å². The minimum Gasteiger partial charge on any atom is -0.378 e. The molecule has 0 unspecified atom stereocenters. The fourth-order valence-electron chi connectivity index (χ4n) is 2.88. The standard InChI is InChI=1S/C16H24N6O/c1-11-8-12(2)22(21-11)16-19-14(10-23-3)9-15(20-16)18-13-4-6-17-7-5-13/h8-9,13,17H,4-7,10H2,1-3H3,(H,18,19,20). The Morgan fingerprint density at radius 2 is 2.04 bits per heavy atom. The van der Waals surface area contributed by atoms with Crippen LogP contribution in [0, 0.1) is 13.8 Å². The molecule has 0 radical (unpaired) electrons. The molecule has 3 heterocycles. The molecule has 2 aromatic heterocycles. The second-order valence-corrected chi connectivity index (χ2v) is 5.99. The molecular formula is C16H24N6O. The second-order valence-electron chi connectivity index (χ2n) is 5.99. The highest BCUT2D eigenvalue weighted by Crippen LogP contribution is 2.16. The van der Waals surface area contributed by atoms with E-state index in [2.05, 4.69) is 25.7 Å². The first kappa shape index (κ1) is 15.9. The number of rotatable bonds is 5. The monoisotopic (exact) mass is 316 g/mol. The Bertz CT molecular complexity index is 663. The molecule has 0 aliphatic carbocycles. The van der Waals surface area contributed by atoms with Crippen molar-refractivity contribution in [2.45, 2.75) is 39.3 Å². The summed E-state index contributed by atoms with van der Waals surface area (Å²) in [5.41, 5.74) is 2.82. The predicted octanol–water partition coefficient (Wildman–Crippen LogP) is 1.59. The predicted molar refractivity (Wildman–Crippen MR) is 88.9 cm³/mol. The summed E-state index contributed by atoms with van der Waals surface area (Å²) in [7, 11) is 1.67. The number of piperidine rings is 1. The van der Waals surface area contributed by atoms with Gasteiger partial charge >= 0.3 is 0 Å². The zero-order chi connectivity index (χ0) is 16.2. The van der Waals surface area contributed by atoms with Crippen LogP contribution in [0.3, 0.4) is 0 Å². The van der Waals surface area contributed by atoms with Gasteiger partial charge in [0.2, 0.25) is 0 Å². The van der Waals surface area contributed by atoms with Gasteiger partial charge in [0.1, 0.15) is 5.82 Å². The first-order chi connectivity index (χ1) is 11.2. The molecule has 1 aliphatic rings. The molecule has 1 fully saturated rings. The Balaban J connectivity index is 1.90. The fourth-order valence-corrected chi connectivity index (χ4v) is 2.88. The van der Waals surface area contributed by atoms with E-state index in [1.54, 1.807) is 11.8 Å². The van der Waals surface area contributed by atoms with Crippen molar-refractivity contribution in [1.82, 2.24) is 25.1 Å². The van der Waals surface area contributed by atoms with Gasteiger partial charge in [0, 0.05) is 24.9 Å². The smallest absolute Gasteiger partial charge is 0.253 e. The van der Waals surface area contributed by atoms with Crippen LogP contribution in [-0.2, 0) is 11.3 Å². The van der Waals surface area contributed by atoms with Gasteiger partial charge in [-0.3, -0.25) is 0 Å². The average molecular weight is 316 g/mol. The molecule has 0 saturated carbocycles. The van der Waals surface area contributed by atoms with Gasteiger partial charge in [-0.05, 0) is 45.8 Å². The Morgan fingerprint density at radius 1 is 1.26 bits per heavy atom. The maximum absolute atomic E-state index is 5.24. The molecular weight excluding hydrogens is 292 g/mol. The largest absolute Gasteiger partial charge is 0.378 e. The number of hydrogen-bond acceptors (Lipinski definition) is 6. The third-order valence-corrected chi connectivity index (χ3v) is 3.95. The Kier molecular flexibility index (Phi) is 4.88. The number of nitrogens with one attached hydrogen (secondary N) is 2. The van der Waals surface area contributed by atoms with E-state index in [4.69, 9.17) is 4.74 Å². The third-order valence-electron chi connectivity index (χ3n) is 3.95. The van der Waals surface area contributed by atoms with Crippen molar-refractivity contribution in [2.24, 2.45) is 0 Å². The summed E-state index contributed by atoms with van der Waals surface area (Å²) in [6, 6.07) is 4.42. The summed E-state index contributed by atoms with van der Waals surface area (Å²) in [4.78, 5) is 9.23. The molecule has 124 valence electrons. The van der Waals surface area contributed by atoms with Crippen molar-refractivity contribution in [3.05, 3.63) is 29.2 Å². The fraction of sp³-hybridized carbons (Fsp3) is 0.562. The Labute approximate surface area is 136 Å². The molecule has 0 bridgehead atoms. The Hall–Kier alpha value is -1.99. The average Bonchev–Trinajstić information content (AvgIpc) is 2.87. The van der Waals surface area contributed by atoms with Gasteiger partial charge in [-0.1, -0.05) is 0 Å². The zero-order valence-electron chi connectivity index (χ0n) is 14.0. The van der Waals surface area contributed by atoms with Crippen LogP contribution in [0.25, 0.3) is 5.95 Å². The van der Waals surface area contributed by atoms with E-state index in [-0.39, 0.29) is 0 Å². The van der Waals surface area contributed by atoms with Gasteiger partial charge < -0.3 is 15.4 Å². The van der Waals surface area contributed by atoms with Crippen molar-refractivity contribution in [2.75, 3.05) is 25.5 Å². The molecule has 0 amide bonds. The van der Waals surface area contributed by atoms with Crippen molar-refractivity contribution in [3.8, 4) is 5.95 Å². The van der Waals surface area contributed by atoms with Crippen molar-refractivity contribution in [1.29, 1.82) is 0 Å². The van der Waals surface area contributed by atoms with Crippen LogP contribution in [0.1, 0.15) is 29.9 Å². The SMILES string of the molecule is COCc1cc(NC2CCNCC2)nc(-n2nc(C)cc2C)n1. The summed E-state index contributed by atoms with van der Waals surface area (Å²) in [5.74, 6) is 1.42. The van der Waals surface area contributed by atoms with Gasteiger partial charge in [-0.15, -0.1) is 0 Å². The number of aryl methyl sites for hydroxylation is 2. The molecule has 0 spiro atoms. The third kappa shape index (κ3) is 3.86. The zero-order valence-corrected chi connectivity index (χ0v) is 14.0. The summed E-state index contributed by atoms with van der Waals surface area (Å²) in [6.07, 6.45) is 2.19. The summed E-state index contributed by atoms with van der Waals surface area (Å²) >= 11 is 0. The van der Waals surface area contributed by atoms with E-state index in [0.717, 1.165) is 48.8 Å². The molecule has 1 saturated heterocycles. The molecule has 7 nitrogen and oxygen atoms in total. The molecule has 3 rings (SSSR count). The van der Waals surface area contributed by atoms with Crippen LogP contribution < -0.4 is 10.6 Å². The molecule has 7 heteroatoms. The molecule has 2 N–H and O–H groups in total. The van der Waals surface area contributed by atoms with Gasteiger partial charge in [0.15, 0.2) is 0 Å². The van der Waals surface area contributed by atoms with E-state index < -0.39 is 0 Å². The first-order valence-electron chi connectivity index (χ1n) is 8.03. The summed E-state index contributed by atoms with van der Waals surface area (Å²) in [5, 5.41) is 11.4. The highest BCUT2D eigenvalue weighted by Gasteiger charge is 2.15. The van der Waals surface area contributed by atoms with Gasteiger partial charge in [0.25, 0.3) is 5.95 Å². The molecule has 2 aromatic rings. The van der Waals surface area contributed by atoms with E-state index in [1.165, 1.54) is 0 Å². The van der Waals surface area contributed by atoms with Gasteiger partial charge in [-0.25, -0.2) is 9.67 Å². The van der Waals surface area contributed by atoms with Crippen molar-refractivity contribution >= 4 is 5.82 Å². The van der Waals surface area contributed by atoms with Crippen LogP contribution in [0.4, 0.5) is 5.82 Å². The van der Waals surface area contributed by atoms with Gasteiger partial charge in [-0.2, -0.15) is 10.1 Å². The highest BCUT2D eigenvalue weighted by molar-refractivity contribution is 5.40. The maximum Gasteiger partial charge on any atom is 0.253 e. The normalized spacial score (nSPS) is 15.8. The molecule has 1 aliphatic heterocycles. The minimum atomic E-state index is 0.440. The lowest BCUT2D eigenvalue weighted by Gasteiger charge is -2.24. The minimum absolute atomic E-state index is 0.440. The van der Waals surface area contributed by atoms with Gasteiger partial charge in [0.05, 0.1) is 18.0 Å². The molecule has 0 atom stereocenters. The van der Waals surface area contributed by atoms with Crippen LogP contribution in [0.5, 0.6) is 0 Å². The highest BCUT2D eigenvalue weighted by atomic mass is 16.5. The van der Waals surface area contributed by atoms with E-state index >= 15 is 0 Å². The quantitative estimate of drug-likeness (QED) is 0.872. The summed E-state index contributed by atoms with van der Waals surface area (Å²) < 4.78 is 7.02. The summed E-state index contributed by atoms with van der Waals surface area (Å²) in [6.45, 7) is 6.51. The number of aromatic nitrogens is 4. The van der Waals surface area contributed by atoms with Crippen molar-refractivity contribution in [3.63, 3.8) is 0 Å². The lowest BCUT2D eigenvalue weighted by Crippen LogP contribution is -2.35. The maximum atomic E-state index is 5.24. The lowest BCUT2D eigenvalue weighted by atomic mass is 10.1. The van der Waals surface area contributed by atoms with Crippen LogP contribution in [0.2, 0.25) is 0 Å². The number of hydrogen-bond donors (Lipinski definition) is 2. The molecule has 0 aromatic carbocycles.